The Hall–Kier alpha value is -2.48. The maximum atomic E-state index is 10.4. The molecule has 140 valence electrons. The summed E-state index contributed by atoms with van der Waals surface area (Å²) in [5, 5.41) is 10.4. The van der Waals surface area contributed by atoms with Gasteiger partial charge in [-0.1, -0.05) is 30.0 Å². The molecule has 3 fully saturated rings. The molecule has 3 saturated heterocycles. The quantitative estimate of drug-likeness (QED) is 0.655. The number of nitrogens with zero attached hydrogens (tertiary/aromatic N) is 1. The van der Waals surface area contributed by atoms with Crippen LogP contribution in [0, 0.1) is 17.8 Å². The second kappa shape index (κ2) is 8.47. The lowest BCUT2D eigenvalue weighted by atomic mass is 9.81. The van der Waals surface area contributed by atoms with Crippen LogP contribution in [0.5, 0.6) is 11.5 Å². The maximum absolute atomic E-state index is 10.4. The van der Waals surface area contributed by atoms with Gasteiger partial charge in [0.25, 0.3) is 0 Å². The van der Waals surface area contributed by atoms with Gasteiger partial charge in [-0.2, -0.15) is 0 Å². The van der Waals surface area contributed by atoms with Crippen molar-refractivity contribution in [1.82, 2.24) is 4.90 Å². The Morgan fingerprint density at radius 1 is 0.889 bits per heavy atom. The van der Waals surface area contributed by atoms with Crippen LogP contribution >= 0.6 is 0 Å². The standard InChI is InChI=1S/C23H25NO3/c25-23-19-12-14-24(15-13-19)22(23)11-8-18-6-9-21(10-7-18)27-17-16-26-20-4-2-1-3-5-20/h1-7,9-10,19,22-23,25H,12-17H2. The Bertz CT molecular complexity index is 784. The number of benzene rings is 2. The summed E-state index contributed by atoms with van der Waals surface area (Å²) in [5.41, 5.74) is 0.942. The first kappa shape index (κ1) is 17.9. The van der Waals surface area contributed by atoms with Crippen molar-refractivity contribution in [3.05, 3.63) is 60.2 Å². The van der Waals surface area contributed by atoms with Gasteiger partial charge in [0.15, 0.2) is 0 Å². The molecule has 3 aliphatic heterocycles. The maximum Gasteiger partial charge on any atom is 0.122 e. The summed E-state index contributed by atoms with van der Waals surface area (Å²) in [6, 6.07) is 17.5. The van der Waals surface area contributed by atoms with E-state index in [2.05, 4.69) is 16.7 Å². The third-order valence-electron chi connectivity index (χ3n) is 5.36. The van der Waals surface area contributed by atoms with Crippen LogP contribution in [-0.4, -0.2) is 48.5 Å². The van der Waals surface area contributed by atoms with E-state index >= 15 is 0 Å². The SMILES string of the molecule is OC1C2CCN(CC2)C1C#Cc1ccc(OCCOc2ccccc2)cc1. The molecule has 2 aromatic rings. The third-order valence-corrected chi connectivity index (χ3v) is 5.36. The van der Waals surface area contributed by atoms with E-state index < -0.39 is 0 Å². The Morgan fingerprint density at radius 3 is 2.15 bits per heavy atom. The highest BCUT2D eigenvalue weighted by Crippen LogP contribution is 2.31. The first-order chi connectivity index (χ1) is 13.3. The fraction of sp³-hybridized carbons (Fsp3) is 0.391. The fourth-order valence-corrected chi connectivity index (χ4v) is 3.82. The van der Waals surface area contributed by atoms with Crippen LogP contribution in [0.2, 0.25) is 0 Å². The summed E-state index contributed by atoms with van der Waals surface area (Å²) in [7, 11) is 0. The molecule has 3 heterocycles. The normalized spacial score (nSPS) is 26.1. The van der Waals surface area contributed by atoms with Gasteiger partial charge in [0.2, 0.25) is 0 Å². The highest BCUT2D eigenvalue weighted by molar-refractivity contribution is 5.39. The minimum atomic E-state index is -0.313. The number of hydrogen-bond acceptors (Lipinski definition) is 4. The van der Waals surface area contributed by atoms with Crippen molar-refractivity contribution >= 4 is 0 Å². The molecule has 2 aromatic carbocycles. The van der Waals surface area contributed by atoms with E-state index in [1.165, 1.54) is 0 Å². The Balaban J connectivity index is 1.27. The van der Waals surface area contributed by atoms with Gasteiger partial charge in [0, 0.05) is 5.56 Å². The predicted molar refractivity (Wildman–Crippen MR) is 105 cm³/mol. The van der Waals surface area contributed by atoms with Crippen LogP contribution in [0.15, 0.2) is 54.6 Å². The lowest BCUT2D eigenvalue weighted by Gasteiger charge is -2.46. The molecule has 0 aliphatic carbocycles. The molecule has 2 bridgehead atoms. The minimum Gasteiger partial charge on any atom is -0.490 e. The van der Waals surface area contributed by atoms with E-state index in [-0.39, 0.29) is 12.1 Å². The third kappa shape index (κ3) is 4.44. The van der Waals surface area contributed by atoms with E-state index in [0.29, 0.717) is 19.1 Å². The minimum absolute atomic E-state index is 0.0245. The lowest BCUT2D eigenvalue weighted by Crippen LogP contribution is -2.57. The van der Waals surface area contributed by atoms with Crippen molar-refractivity contribution in [1.29, 1.82) is 0 Å². The summed E-state index contributed by atoms with van der Waals surface area (Å²) in [6.45, 7) is 3.10. The van der Waals surface area contributed by atoms with E-state index in [0.717, 1.165) is 43.0 Å². The monoisotopic (exact) mass is 363 g/mol. The first-order valence-corrected chi connectivity index (χ1v) is 9.64. The number of aliphatic hydroxyl groups excluding tert-OH is 1. The molecule has 1 N–H and O–H groups in total. The number of piperidine rings is 3. The van der Waals surface area contributed by atoms with Gasteiger partial charge >= 0.3 is 0 Å². The summed E-state index contributed by atoms with van der Waals surface area (Å²) < 4.78 is 11.3. The van der Waals surface area contributed by atoms with Gasteiger partial charge < -0.3 is 14.6 Å². The molecule has 4 nitrogen and oxygen atoms in total. The van der Waals surface area contributed by atoms with Crippen LogP contribution in [0.1, 0.15) is 18.4 Å². The zero-order valence-corrected chi connectivity index (χ0v) is 15.4. The van der Waals surface area contributed by atoms with Gasteiger partial charge in [-0.25, -0.2) is 0 Å². The number of aliphatic hydroxyl groups is 1. The molecule has 2 unspecified atom stereocenters. The topological polar surface area (TPSA) is 41.9 Å². The number of rotatable bonds is 5. The van der Waals surface area contributed by atoms with Crippen molar-refractivity contribution in [3.8, 4) is 23.3 Å². The highest BCUT2D eigenvalue weighted by Gasteiger charge is 2.40. The number of para-hydroxylation sites is 1. The summed E-state index contributed by atoms with van der Waals surface area (Å²) in [5.74, 6) is 8.56. The smallest absolute Gasteiger partial charge is 0.122 e. The van der Waals surface area contributed by atoms with Gasteiger partial charge in [0.1, 0.15) is 24.7 Å². The van der Waals surface area contributed by atoms with E-state index in [1.807, 2.05) is 54.6 Å². The zero-order valence-electron chi connectivity index (χ0n) is 15.4. The molecular weight excluding hydrogens is 338 g/mol. The summed E-state index contributed by atoms with van der Waals surface area (Å²) in [6.07, 6.45) is 1.88. The van der Waals surface area contributed by atoms with Gasteiger partial charge in [-0.15, -0.1) is 0 Å². The summed E-state index contributed by atoms with van der Waals surface area (Å²) >= 11 is 0. The number of ether oxygens (including phenoxy) is 2. The van der Waals surface area contributed by atoms with Crippen molar-refractivity contribution in [3.63, 3.8) is 0 Å². The van der Waals surface area contributed by atoms with Gasteiger partial charge in [-0.3, -0.25) is 4.90 Å². The Kier molecular flexibility index (Phi) is 5.62. The molecule has 2 atom stereocenters. The van der Waals surface area contributed by atoms with E-state index in [9.17, 15) is 5.11 Å². The molecule has 0 radical (unpaired) electrons. The lowest BCUT2D eigenvalue weighted by molar-refractivity contribution is -0.0500. The number of fused-ring (bicyclic) bond motifs is 3. The molecule has 3 aliphatic rings. The van der Waals surface area contributed by atoms with Crippen LogP contribution in [0.4, 0.5) is 0 Å². The van der Waals surface area contributed by atoms with Crippen molar-refractivity contribution in [2.75, 3.05) is 26.3 Å². The predicted octanol–water partition coefficient (Wildman–Crippen LogP) is 2.95. The largest absolute Gasteiger partial charge is 0.490 e. The molecule has 0 amide bonds. The molecule has 27 heavy (non-hydrogen) atoms. The van der Waals surface area contributed by atoms with E-state index in [1.54, 1.807) is 0 Å². The van der Waals surface area contributed by atoms with Crippen molar-refractivity contribution < 1.29 is 14.6 Å². The van der Waals surface area contributed by atoms with Gasteiger partial charge in [-0.05, 0) is 68.2 Å². The average molecular weight is 363 g/mol. The number of hydrogen-bond donors (Lipinski definition) is 1. The second-order valence-corrected chi connectivity index (χ2v) is 7.11. The molecule has 5 rings (SSSR count). The summed E-state index contributed by atoms with van der Waals surface area (Å²) in [4.78, 5) is 2.31. The average Bonchev–Trinajstić information content (AvgIpc) is 2.73. The van der Waals surface area contributed by atoms with Crippen LogP contribution in [-0.2, 0) is 0 Å². The second-order valence-electron chi connectivity index (χ2n) is 7.11. The Labute approximate surface area is 160 Å². The zero-order chi connectivity index (χ0) is 18.5. The molecule has 4 heteroatoms. The molecular formula is C23H25NO3. The Morgan fingerprint density at radius 2 is 1.52 bits per heavy atom. The molecule has 0 aromatic heterocycles. The fourth-order valence-electron chi connectivity index (χ4n) is 3.82. The van der Waals surface area contributed by atoms with Crippen LogP contribution in [0.25, 0.3) is 0 Å². The highest BCUT2D eigenvalue weighted by atomic mass is 16.5. The van der Waals surface area contributed by atoms with Crippen LogP contribution in [0.3, 0.4) is 0 Å². The molecule has 0 spiro atoms. The van der Waals surface area contributed by atoms with E-state index in [4.69, 9.17) is 9.47 Å². The van der Waals surface area contributed by atoms with Crippen LogP contribution < -0.4 is 9.47 Å². The molecule has 0 saturated carbocycles. The van der Waals surface area contributed by atoms with Crippen molar-refractivity contribution in [2.45, 2.75) is 25.0 Å². The van der Waals surface area contributed by atoms with Gasteiger partial charge in [0.05, 0.1) is 12.1 Å². The first-order valence-electron chi connectivity index (χ1n) is 9.64. The van der Waals surface area contributed by atoms with Crippen molar-refractivity contribution in [2.24, 2.45) is 5.92 Å².